The number of amides is 1. The van der Waals surface area contributed by atoms with Crippen molar-refractivity contribution in [1.82, 2.24) is 5.32 Å². The summed E-state index contributed by atoms with van der Waals surface area (Å²) in [4.78, 5) is 31.8. The number of benzene rings is 1. The number of carboxylic acid groups (broad SMARTS) is 1. The molecule has 1 amide bonds. The lowest BCUT2D eigenvalue weighted by Crippen LogP contribution is -2.40. The van der Waals surface area contributed by atoms with E-state index in [1.54, 1.807) is 0 Å². The van der Waals surface area contributed by atoms with Crippen LogP contribution in [-0.2, 0) is 4.79 Å². The molecule has 108 valence electrons. The van der Waals surface area contributed by atoms with Gasteiger partial charge >= 0.3 is 11.7 Å². The number of halogens is 2. The minimum absolute atomic E-state index is 0.0337. The third-order valence-corrected chi connectivity index (χ3v) is 2.49. The average Bonchev–Trinajstić information content (AvgIpc) is 2.34. The van der Waals surface area contributed by atoms with Crippen LogP contribution in [0.25, 0.3) is 0 Å². The maximum absolute atomic E-state index is 13.4. The number of aliphatic carboxylic acids is 1. The summed E-state index contributed by atoms with van der Waals surface area (Å²) in [5.41, 5.74) is -1.86. The van der Waals surface area contributed by atoms with E-state index in [2.05, 4.69) is 0 Å². The van der Waals surface area contributed by atoms with Gasteiger partial charge in [0.05, 0.1) is 10.5 Å². The van der Waals surface area contributed by atoms with Gasteiger partial charge in [0.15, 0.2) is 0 Å². The summed E-state index contributed by atoms with van der Waals surface area (Å²) >= 11 is 0. The highest BCUT2D eigenvalue weighted by molar-refractivity contribution is 5.97. The molecule has 2 N–H and O–H groups in total. The fourth-order valence-corrected chi connectivity index (χ4v) is 1.43. The minimum Gasteiger partial charge on any atom is -0.480 e. The Morgan fingerprint density at radius 1 is 1.40 bits per heavy atom. The molecule has 20 heavy (non-hydrogen) atoms. The van der Waals surface area contributed by atoms with Crippen LogP contribution >= 0.6 is 0 Å². The quantitative estimate of drug-likeness (QED) is 0.629. The van der Waals surface area contributed by atoms with Gasteiger partial charge in [-0.3, -0.25) is 14.9 Å². The number of nitro groups is 1. The average molecular weight is 288 g/mol. The number of nitrogens with one attached hydrogen (secondary N) is 1. The van der Waals surface area contributed by atoms with E-state index in [1.807, 2.05) is 5.32 Å². The molecule has 0 fully saturated rings. The number of carboxylic acids is 1. The van der Waals surface area contributed by atoms with E-state index in [-0.39, 0.29) is 12.5 Å². The minimum atomic E-state index is -1.42. The number of hydrogen-bond acceptors (Lipinski definition) is 4. The summed E-state index contributed by atoms with van der Waals surface area (Å²) in [6.45, 7) is 1.47. The first-order valence-electron chi connectivity index (χ1n) is 5.45. The van der Waals surface area contributed by atoms with Crippen LogP contribution in [0, 0.1) is 21.7 Å². The first-order valence-corrected chi connectivity index (χ1v) is 5.45. The molecule has 1 atom stereocenters. The van der Waals surface area contributed by atoms with Gasteiger partial charge in [0, 0.05) is 12.1 Å². The van der Waals surface area contributed by atoms with Gasteiger partial charge in [-0.2, -0.15) is 4.39 Å². The molecule has 0 spiro atoms. The van der Waals surface area contributed by atoms with Crippen molar-refractivity contribution < 1.29 is 28.4 Å². The molecule has 0 aliphatic rings. The molecule has 9 heteroatoms. The lowest BCUT2D eigenvalue weighted by atomic mass is 10.1. The first-order chi connectivity index (χ1) is 9.27. The van der Waals surface area contributed by atoms with Crippen LogP contribution in [0.1, 0.15) is 23.7 Å². The Morgan fingerprint density at radius 3 is 2.45 bits per heavy atom. The molecule has 1 unspecified atom stereocenters. The van der Waals surface area contributed by atoms with Gasteiger partial charge < -0.3 is 10.4 Å². The summed E-state index contributed by atoms with van der Waals surface area (Å²) in [6.07, 6.45) is 0.0337. The predicted octanol–water partition coefficient (Wildman–Crippen LogP) is 1.47. The van der Waals surface area contributed by atoms with Crippen LogP contribution in [0.3, 0.4) is 0 Å². The van der Waals surface area contributed by atoms with Crippen molar-refractivity contribution in [2.75, 3.05) is 0 Å². The maximum Gasteiger partial charge on any atom is 0.326 e. The molecule has 0 radical (unpaired) electrons. The Hall–Kier alpha value is -2.58. The zero-order chi connectivity index (χ0) is 15.4. The van der Waals surface area contributed by atoms with Crippen LogP contribution in [0.4, 0.5) is 14.5 Å². The normalized spacial score (nSPS) is 11.8. The van der Waals surface area contributed by atoms with E-state index in [4.69, 9.17) is 5.11 Å². The van der Waals surface area contributed by atoms with Gasteiger partial charge in [-0.25, -0.2) is 9.18 Å². The van der Waals surface area contributed by atoms with Crippen LogP contribution in [0.5, 0.6) is 0 Å². The van der Waals surface area contributed by atoms with Crippen molar-refractivity contribution in [3.05, 3.63) is 39.4 Å². The summed E-state index contributed by atoms with van der Waals surface area (Å²) < 4.78 is 26.5. The van der Waals surface area contributed by atoms with Crippen LogP contribution in [0.2, 0.25) is 0 Å². The second-order valence-electron chi connectivity index (χ2n) is 3.81. The second kappa shape index (κ2) is 6.04. The lowest BCUT2D eigenvalue weighted by Gasteiger charge is -2.12. The van der Waals surface area contributed by atoms with Crippen molar-refractivity contribution in [3.63, 3.8) is 0 Å². The number of nitro benzene ring substituents is 1. The van der Waals surface area contributed by atoms with Crippen molar-refractivity contribution in [3.8, 4) is 0 Å². The van der Waals surface area contributed by atoms with Gasteiger partial charge in [0.1, 0.15) is 11.9 Å². The highest BCUT2D eigenvalue weighted by Gasteiger charge is 2.25. The molecule has 1 aromatic rings. The summed E-state index contributed by atoms with van der Waals surface area (Å²) in [6, 6.07) is -0.644. The Balaban J connectivity index is 3.13. The topological polar surface area (TPSA) is 110 Å². The highest BCUT2D eigenvalue weighted by Crippen LogP contribution is 2.21. The maximum atomic E-state index is 13.4. The third kappa shape index (κ3) is 3.25. The van der Waals surface area contributed by atoms with Crippen molar-refractivity contribution >= 4 is 17.6 Å². The smallest absolute Gasteiger partial charge is 0.326 e. The monoisotopic (exact) mass is 288 g/mol. The van der Waals surface area contributed by atoms with E-state index >= 15 is 0 Å². The highest BCUT2D eigenvalue weighted by atomic mass is 19.1. The van der Waals surface area contributed by atoms with Gasteiger partial charge in [0.2, 0.25) is 5.82 Å². The SMILES string of the molecule is CCC(NC(=O)c1cc([N+](=O)[O-])c(F)cc1F)C(=O)O. The van der Waals surface area contributed by atoms with Crippen molar-refractivity contribution in [2.24, 2.45) is 0 Å². The molecule has 0 heterocycles. The fourth-order valence-electron chi connectivity index (χ4n) is 1.43. The molecule has 7 nitrogen and oxygen atoms in total. The second-order valence-corrected chi connectivity index (χ2v) is 3.81. The van der Waals surface area contributed by atoms with E-state index in [0.717, 1.165) is 0 Å². The van der Waals surface area contributed by atoms with Gasteiger partial charge in [-0.15, -0.1) is 0 Å². The van der Waals surface area contributed by atoms with Crippen LogP contribution in [0.15, 0.2) is 12.1 Å². The van der Waals surface area contributed by atoms with Crippen LogP contribution < -0.4 is 5.32 Å². The molecule has 0 aliphatic carbocycles. The Bertz CT molecular complexity index is 576. The Labute approximate surface area is 111 Å². The van der Waals surface area contributed by atoms with Gasteiger partial charge in [0.25, 0.3) is 5.91 Å². The molecular weight excluding hydrogens is 278 g/mol. The van der Waals surface area contributed by atoms with Crippen molar-refractivity contribution in [2.45, 2.75) is 19.4 Å². The number of nitrogens with zero attached hydrogens (tertiary/aromatic N) is 1. The van der Waals surface area contributed by atoms with Crippen molar-refractivity contribution in [1.29, 1.82) is 0 Å². The first kappa shape index (κ1) is 15.5. The summed E-state index contributed by atoms with van der Waals surface area (Å²) in [5, 5.41) is 21.2. The van der Waals surface area contributed by atoms with Crippen LogP contribution in [-0.4, -0.2) is 27.9 Å². The number of carbonyl (C=O) groups is 2. The van der Waals surface area contributed by atoms with Gasteiger partial charge in [-0.1, -0.05) is 6.92 Å². The van der Waals surface area contributed by atoms with E-state index in [1.165, 1.54) is 6.92 Å². The molecule has 0 aromatic heterocycles. The molecular formula is C11H10F2N2O5. The molecule has 0 saturated heterocycles. The third-order valence-electron chi connectivity index (χ3n) is 2.49. The fraction of sp³-hybridized carbons (Fsp3) is 0.273. The number of rotatable bonds is 5. The molecule has 1 rings (SSSR count). The standard InChI is InChI=1S/C11H10F2N2O5/c1-2-8(11(17)18)14-10(16)5-3-9(15(19)20)7(13)4-6(5)12/h3-4,8H,2H2,1H3,(H,14,16)(H,17,18). The number of carbonyl (C=O) groups excluding carboxylic acids is 1. The molecule has 0 saturated carbocycles. The molecule has 0 bridgehead atoms. The zero-order valence-electron chi connectivity index (χ0n) is 10.2. The lowest BCUT2D eigenvalue weighted by molar-refractivity contribution is -0.387. The predicted molar refractivity (Wildman–Crippen MR) is 62.2 cm³/mol. The number of hydrogen-bond donors (Lipinski definition) is 2. The zero-order valence-corrected chi connectivity index (χ0v) is 10.2. The summed E-state index contributed by atoms with van der Waals surface area (Å²) in [7, 11) is 0. The van der Waals surface area contributed by atoms with E-state index < -0.39 is 45.7 Å². The van der Waals surface area contributed by atoms with Gasteiger partial charge in [-0.05, 0) is 6.42 Å². The van der Waals surface area contributed by atoms with E-state index in [0.29, 0.717) is 6.07 Å². The summed E-state index contributed by atoms with van der Waals surface area (Å²) in [5.74, 6) is -5.24. The largest absolute Gasteiger partial charge is 0.480 e. The molecule has 0 aliphatic heterocycles. The van der Waals surface area contributed by atoms with E-state index in [9.17, 15) is 28.5 Å². The molecule has 1 aromatic carbocycles. The Morgan fingerprint density at radius 2 is 2.00 bits per heavy atom. The Kier molecular flexibility index (Phi) is 4.68.